The van der Waals surface area contributed by atoms with Crippen LogP contribution in [0.1, 0.15) is 5.56 Å². The summed E-state index contributed by atoms with van der Waals surface area (Å²) in [5, 5.41) is 11.7. The Kier molecular flexibility index (Phi) is 7.82. The molecule has 246 valence electrons. The topological polar surface area (TPSA) is 80.0 Å². The van der Waals surface area contributed by atoms with Crippen molar-refractivity contribution in [2.75, 3.05) is 0 Å². The smallest absolute Gasteiger partial charge is 0.195 e. The van der Waals surface area contributed by atoms with E-state index in [1.807, 2.05) is 133 Å². The first kappa shape index (κ1) is 31.3. The molecule has 0 fully saturated rings. The highest BCUT2D eigenvalue weighted by molar-refractivity contribution is 6.17. The lowest BCUT2D eigenvalue weighted by Crippen LogP contribution is -2.00. The first-order chi connectivity index (χ1) is 26.2. The van der Waals surface area contributed by atoms with Gasteiger partial charge in [-0.2, -0.15) is 5.26 Å². The molecule has 0 spiro atoms. The maximum atomic E-state index is 10.1. The van der Waals surface area contributed by atoms with Gasteiger partial charge in [0.05, 0.1) is 18.2 Å². The Morgan fingerprint density at radius 3 is 1.87 bits per heavy atom. The van der Waals surface area contributed by atoms with E-state index in [1.54, 1.807) is 0 Å². The van der Waals surface area contributed by atoms with Gasteiger partial charge in [0.15, 0.2) is 23.2 Å². The molecule has 9 aromatic rings. The molecule has 0 N–H and O–H groups in total. The average Bonchev–Trinajstić information content (AvgIpc) is 3.63. The van der Waals surface area contributed by atoms with E-state index in [9.17, 15) is 5.26 Å². The molecule has 53 heavy (non-hydrogen) atoms. The summed E-state index contributed by atoms with van der Waals surface area (Å²) in [7, 11) is 0. The summed E-state index contributed by atoms with van der Waals surface area (Å²) >= 11 is 0. The molecule has 7 aromatic carbocycles. The van der Waals surface area contributed by atoms with Crippen LogP contribution in [0.5, 0.6) is 0 Å². The summed E-state index contributed by atoms with van der Waals surface area (Å²) in [5.74, 6) is 1.60. The van der Waals surface area contributed by atoms with Crippen molar-refractivity contribution in [1.82, 2.24) is 15.0 Å². The van der Waals surface area contributed by atoms with Gasteiger partial charge >= 0.3 is 0 Å². The fourth-order valence-electron chi connectivity index (χ4n) is 6.91. The molecule has 0 aliphatic heterocycles. The Balaban J connectivity index is 1.33. The Morgan fingerprint density at radius 1 is 0.491 bits per heavy atom. The van der Waals surface area contributed by atoms with Crippen molar-refractivity contribution >= 4 is 27.6 Å². The molecule has 0 saturated heterocycles. The number of fused-ring (bicyclic) bond motifs is 3. The van der Waals surface area contributed by atoms with Gasteiger partial charge in [-0.25, -0.2) is 19.8 Å². The number of hydrogen-bond acceptors (Lipinski definition) is 5. The Bertz CT molecular complexity index is 2920. The zero-order chi connectivity index (χ0) is 35.7. The minimum atomic E-state index is 0.498. The lowest BCUT2D eigenvalue weighted by molar-refractivity contribution is 0.670. The van der Waals surface area contributed by atoms with Crippen molar-refractivity contribution in [2.45, 2.75) is 0 Å². The van der Waals surface area contributed by atoms with Crippen LogP contribution in [-0.2, 0) is 0 Å². The summed E-state index contributed by atoms with van der Waals surface area (Å²) in [6.45, 7) is 7.95. The summed E-state index contributed by atoms with van der Waals surface area (Å²) < 4.78 is 6.70. The molecule has 0 bridgehead atoms. The fourth-order valence-corrected chi connectivity index (χ4v) is 6.91. The average molecular weight is 678 g/mol. The molecule has 0 saturated carbocycles. The molecule has 9 rings (SSSR count). The third kappa shape index (κ3) is 5.67. The second kappa shape index (κ2) is 13.2. The Morgan fingerprint density at radius 2 is 1.09 bits per heavy atom. The van der Waals surface area contributed by atoms with Gasteiger partial charge in [-0.3, -0.25) is 0 Å². The molecule has 6 nitrogen and oxygen atoms in total. The number of furan rings is 1. The normalized spacial score (nSPS) is 11.0. The number of para-hydroxylation sites is 1. The van der Waals surface area contributed by atoms with Gasteiger partial charge in [-0.1, -0.05) is 133 Å². The standard InChI is InChI=1S/C47H27N5O/c1-49-41-24-11-10-22-37(41)39-27-35(36-21-9-8-18-34(36)29-48)28-40-43-38(23-13-25-42(43)53-44(39)40)47-51-45(31-16-6-3-7-17-31)50-46(52-47)33-20-12-19-32(26-33)30-14-4-2-5-15-30/h2-28H. The van der Waals surface area contributed by atoms with Crippen LogP contribution >= 0.6 is 0 Å². The predicted octanol–water partition coefficient (Wildman–Crippen LogP) is 12.2. The molecule has 0 radical (unpaired) electrons. The lowest BCUT2D eigenvalue weighted by atomic mass is 9.92. The maximum absolute atomic E-state index is 10.1. The lowest BCUT2D eigenvalue weighted by Gasteiger charge is -2.11. The van der Waals surface area contributed by atoms with E-state index in [0.717, 1.165) is 60.8 Å². The molecule has 0 aliphatic carbocycles. The molecule has 6 heteroatoms. The van der Waals surface area contributed by atoms with Gasteiger partial charge in [-0.15, -0.1) is 0 Å². The highest BCUT2D eigenvalue weighted by Gasteiger charge is 2.22. The second-order valence-electron chi connectivity index (χ2n) is 12.6. The molecule has 0 amide bonds. The van der Waals surface area contributed by atoms with Gasteiger partial charge in [-0.05, 0) is 58.1 Å². The van der Waals surface area contributed by atoms with Crippen molar-refractivity contribution in [3.8, 4) is 73.6 Å². The molecule has 2 aromatic heterocycles. The quantitative estimate of drug-likeness (QED) is 0.164. The molecule has 2 heterocycles. The van der Waals surface area contributed by atoms with Gasteiger partial charge in [0, 0.05) is 33.0 Å². The van der Waals surface area contributed by atoms with E-state index in [-0.39, 0.29) is 0 Å². The first-order valence-corrected chi connectivity index (χ1v) is 17.1. The number of hydrogen-bond donors (Lipinski definition) is 0. The van der Waals surface area contributed by atoms with Crippen LogP contribution in [0.25, 0.3) is 94.3 Å². The van der Waals surface area contributed by atoms with E-state index >= 15 is 0 Å². The van der Waals surface area contributed by atoms with Gasteiger partial charge in [0.25, 0.3) is 0 Å². The van der Waals surface area contributed by atoms with Crippen LogP contribution in [0.2, 0.25) is 0 Å². The zero-order valence-corrected chi connectivity index (χ0v) is 28.2. The molecule has 0 atom stereocenters. The maximum Gasteiger partial charge on any atom is 0.195 e. The van der Waals surface area contributed by atoms with Gasteiger partial charge < -0.3 is 4.42 Å². The molecule has 0 aliphatic rings. The molecular weight excluding hydrogens is 651 g/mol. The van der Waals surface area contributed by atoms with E-state index in [2.05, 4.69) is 41.2 Å². The minimum Gasteiger partial charge on any atom is -0.455 e. The van der Waals surface area contributed by atoms with Crippen LogP contribution in [0.3, 0.4) is 0 Å². The number of aromatic nitrogens is 3. The van der Waals surface area contributed by atoms with Crippen LogP contribution in [0.15, 0.2) is 168 Å². The number of benzene rings is 7. The van der Waals surface area contributed by atoms with Crippen molar-refractivity contribution in [3.05, 3.63) is 181 Å². The first-order valence-electron chi connectivity index (χ1n) is 17.1. The molecule has 0 unspecified atom stereocenters. The largest absolute Gasteiger partial charge is 0.455 e. The number of rotatable bonds is 6. The van der Waals surface area contributed by atoms with E-state index in [4.69, 9.17) is 25.9 Å². The fraction of sp³-hybridized carbons (Fsp3) is 0. The number of nitriles is 1. The van der Waals surface area contributed by atoms with Crippen molar-refractivity contribution < 1.29 is 4.42 Å². The van der Waals surface area contributed by atoms with Crippen molar-refractivity contribution in [3.63, 3.8) is 0 Å². The predicted molar refractivity (Wildman–Crippen MR) is 211 cm³/mol. The number of nitrogens with zero attached hydrogens (tertiary/aromatic N) is 5. The third-order valence-corrected chi connectivity index (χ3v) is 9.41. The Labute approximate surface area is 305 Å². The zero-order valence-electron chi connectivity index (χ0n) is 28.2. The van der Waals surface area contributed by atoms with Crippen LogP contribution in [0.4, 0.5) is 5.69 Å². The van der Waals surface area contributed by atoms with Crippen LogP contribution < -0.4 is 0 Å². The van der Waals surface area contributed by atoms with Gasteiger partial charge in [0.2, 0.25) is 0 Å². The van der Waals surface area contributed by atoms with E-state index in [0.29, 0.717) is 39.9 Å². The van der Waals surface area contributed by atoms with Crippen molar-refractivity contribution in [1.29, 1.82) is 5.26 Å². The SMILES string of the molecule is [C-]#[N+]c1ccccc1-c1cc(-c2ccccc2C#N)cc2c1oc1cccc(-c3nc(-c4ccccc4)nc(-c4cccc(-c5ccccc5)c4)n3)c12. The monoisotopic (exact) mass is 677 g/mol. The highest BCUT2D eigenvalue weighted by atomic mass is 16.3. The molecular formula is C47H27N5O. The second-order valence-corrected chi connectivity index (χ2v) is 12.6. The summed E-state index contributed by atoms with van der Waals surface area (Å²) in [5.41, 5.74) is 10.2. The Hall–Kier alpha value is -7.67. The van der Waals surface area contributed by atoms with Crippen LogP contribution in [-0.4, -0.2) is 15.0 Å². The van der Waals surface area contributed by atoms with Crippen LogP contribution in [0, 0.1) is 17.9 Å². The highest BCUT2D eigenvalue weighted by Crippen LogP contribution is 2.45. The summed E-state index contributed by atoms with van der Waals surface area (Å²) in [6.07, 6.45) is 0. The third-order valence-electron chi connectivity index (χ3n) is 9.41. The minimum absolute atomic E-state index is 0.498. The van der Waals surface area contributed by atoms with E-state index in [1.165, 1.54) is 0 Å². The summed E-state index contributed by atoms with van der Waals surface area (Å²) in [4.78, 5) is 19.1. The van der Waals surface area contributed by atoms with Crippen molar-refractivity contribution in [2.24, 2.45) is 0 Å². The van der Waals surface area contributed by atoms with E-state index < -0.39 is 0 Å². The summed E-state index contributed by atoms with van der Waals surface area (Å²) in [6, 6.07) is 55.8. The van der Waals surface area contributed by atoms with Gasteiger partial charge in [0.1, 0.15) is 11.2 Å².